The molecule has 1 heterocycles. The average molecular weight is 382 g/mol. The SMILES string of the molecule is C=CCN1C(=O)C(=Cc2ccc(O)c(OC)c2)SC1=Nc1cccc(O)c1. The predicted octanol–water partition coefficient (Wildman–Crippen LogP) is 3.90. The van der Waals surface area contributed by atoms with Crippen LogP contribution in [0.25, 0.3) is 6.08 Å². The number of rotatable bonds is 5. The van der Waals surface area contributed by atoms with Crippen LogP contribution in [0.4, 0.5) is 5.69 Å². The van der Waals surface area contributed by atoms with Crippen molar-refractivity contribution >= 4 is 34.6 Å². The molecule has 0 spiro atoms. The van der Waals surface area contributed by atoms with E-state index in [0.717, 1.165) is 5.56 Å². The van der Waals surface area contributed by atoms with Crippen molar-refractivity contribution in [3.8, 4) is 17.2 Å². The van der Waals surface area contributed by atoms with Crippen molar-refractivity contribution < 1.29 is 19.7 Å². The molecule has 2 aromatic rings. The fourth-order valence-corrected chi connectivity index (χ4v) is 3.50. The molecule has 0 aliphatic carbocycles. The lowest BCUT2D eigenvalue weighted by atomic mass is 10.2. The summed E-state index contributed by atoms with van der Waals surface area (Å²) >= 11 is 1.23. The highest BCUT2D eigenvalue weighted by molar-refractivity contribution is 8.18. The molecule has 1 saturated heterocycles. The number of benzene rings is 2. The number of amidine groups is 1. The van der Waals surface area contributed by atoms with Gasteiger partial charge in [0.2, 0.25) is 0 Å². The lowest BCUT2D eigenvalue weighted by Crippen LogP contribution is -2.29. The highest BCUT2D eigenvalue weighted by atomic mass is 32.2. The van der Waals surface area contributed by atoms with E-state index in [4.69, 9.17) is 4.74 Å². The zero-order valence-corrected chi connectivity index (χ0v) is 15.4. The molecule has 0 saturated carbocycles. The number of nitrogens with zero attached hydrogens (tertiary/aromatic N) is 2. The normalized spacial score (nSPS) is 16.9. The minimum Gasteiger partial charge on any atom is -0.508 e. The first kappa shape index (κ1) is 18.6. The molecule has 2 N–H and O–H groups in total. The summed E-state index contributed by atoms with van der Waals surface area (Å²) in [5, 5.41) is 19.8. The van der Waals surface area contributed by atoms with Crippen LogP contribution in [0.15, 0.2) is 65.0 Å². The molecule has 0 bridgehead atoms. The number of amides is 1. The fraction of sp³-hybridized carbons (Fsp3) is 0.100. The van der Waals surface area contributed by atoms with Gasteiger partial charge in [-0.15, -0.1) is 6.58 Å². The second-order valence-electron chi connectivity index (χ2n) is 5.66. The van der Waals surface area contributed by atoms with E-state index in [2.05, 4.69) is 11.6 Å². The van der Waals surface area contributed by atoms with Crippen LogP contribution in [0.3, 0.4) is 0 Å². The Kier molecular flexibility index (Phi) is 5.52. The molecule has 1 fully saturated rings. The first-order chi connectivity index (χ1) is 13.0. The smallest absolute Gasteiger partial charge is 0.267 e. The van der Waals surface area contributed by atoms with Crippen LogP contribution in [0.1, 0.15) is 5.56 Å². The molecule has 0 atom stereocenters. The molecular weight excluding hydrogens is 364 g/mol. The molecule has 0 unspecified atom stereocenters. The van der Waals surface area contributed by atoms with Crippen LogP contribution in [-0.2, 0) is 4.79 Å². The zero-order chi connectivity index (χ0) is 19.4. The third-order valence-electron chi connectivity index (χ3n) is 3.76. The van der Waals surface area contributed by atoms with Gasteiger partial charge in [0.25, 0.3) is 5.91 Å². The van der Waals surface area contributed by atoms with Crippen LogP contribution in [0.5, 0.6) is 17.2 Å². The summed E-state index contributed by atoms with van der Waals surface area (Å²) in [6, 6.07) is 11.4. The first-order valence-electron chi connectivity index (χ1n) is 8.09. The molecule has 138 valence electrons. The Hall–Kier alpha value is -3.19. The standard InChI is InChI=1S/C20H18N2O4S/c1-3-9-22-19(25)18(11-13-7-8-16(24)17(10-13)26-2)27-20(22)21-14-5-4-6-15(23)12-14/h3-8,10-12,23-24H,1,9H2,2H3. The maximum absolute atomic E-state index is 12.8. The van der Waals surface area contributed by atoms with Gasteiger partial charge in [0.05, 0.1) is 17.7 Å². The first-order valence-corrected chi connectivity index (χ1v) is 8.90. The Morgan fingerprint density at radius 1 is 1.26 bits per heavy atom. The Morgan fingerprint density at radius 2 is 2.07 bits per heavy atom. The van der Waals surface area contributed by atoms with Crippen molar-refractivity contribution in [1.29, 1.82) is 0 Å². The van der Waals surface area contributed by atoms with Crippen LogP contribution in [0.2, 0.25) is 0 Å². The summed E-state index contributed by atoms with van der Waals surface area (Å²) < 4.78 is 5.11. The molecule has 7 heteroatoms. The van der Waals surface area contributed by atoms with Crippen LogP contribution >= 0.6 is 11.8 Å². The lowest BCUT2D eigenvalue weighted by Gasteiger charge is -2.12. The number of thioether (sulfide) groups is 1. The van der Waals surface area contributed by atoms with Gasteiger partial charge in [0.15, 0.2) is 16.7 Å². The Bertz CT molecular complexity index is 953. The van der Waals surface area contributed by atoms with Crippen LogP contribution in [0, 0.1) is 0 Å². The van der Waals surface area contributed by atoms with E-state index >= 15 is 0 Å². The van der Waals surface area contributed by atoms with Gasteiger partial charge in [0, 0.05) is 12.6 Å². The van der Waals surface area contributed by atoms with Gasteiger partial charge in [-0.1, -0.05) is 18.2 Å². The largest absolute Gasteiger partial charge is 0.508 e. The zero-order valence-electron chi connectivity index (χ0n) is 14.6. The number of phenolic OH excluding ortho intramolecular Hbond substituents is 2. The summed E-state index contributed by atoms with van der Waals surface area (Å²) in [4.78, 5) is 19.3. The van der Waals surface area contributed by atoms with Gasteiger partial charge >= 0.3 is 0 Å². The summed E-state index contributed by atoms with van der Waals surface area (Å²) in [6.45, 7) is 4.01. The number of hydrogen-bond donors (Lipinski definition) is 2. The maximum Gasteiger partial charge on any atom is 0.267 e. The Morgan fingerprint density at radius 3 is 2.78 bits per heavy atom. The van der Waals surface area contributed by atoms with E-state index < -0.39 is 0 Å². The van der Waals surface area contributed by atoms with Crippen LogP contribution in [-0.4, -0.2) is 39.8 Å². The topological polar surface area (TPSA) is 82.4 Å². The van der Waals surface area contributed by atoms with E-state index in [1.165, 1.54) is 35.9 Å². The van der Waals surface area contributed by atoms with E-state index in [1.807, 2.05) is 0 Å². The van der Waals surface area contributed by atoms with Crippen molar-refractivity contribution in [2.45, 2.75) is 0 Å². The van der Waals surface area contributed by atoms with Crippen molar-refractivity contribution in [2.75, 3.05) is 13.7 Å². The van der Waals surface area contributed by atoms with E-state index in [1.54, 1.807) is 42.5 Å². The van der Waals surface area contributed by atoms with Crippen molar-refractivity contribution in [3.05, 3.63) is 65.6 Å². The number of phenols is 2. The number of aromatic hydroxyl groups is 2. The highest BCUT2D eigenvalue weighted by Crippen LogP contribution is 2.35. The highest BCUT2D eigenvalue weighted by Gasteiger charge is 2.32. The molecule has 2 aromatic carbocycles. The second-order valence-corrected chi connectivity index (χ2v) is 6.67. The van der Waals surface area contributed by atoms with Crippen LogP contribution < -0.4 is 4.74 Å². The monoisotopic (exact) mass is 382 g/mol. The van der Waals surface area contributed by atoms with Gasteiger partial charge in [-0.25, -0.2) is 4.99 Å². The molecule has 1 aliphatic rings. The number of carbonyl (C=O) groups is 1. The molecule has 3 rings (SSSR count). The van der Waals surface area contributed by atoms with Crippen molar-refractivity contribution in [3.63, 3.8) is 0 Å². The molecule has 6 nitrogen and oxygen atoms in total. The summed E-state index contributed by atoms with van der Waals surface area (Å²) in [7, 11) is 1.47. The number of hydrogen-bond acceptors (Lipinski definition) is 6. The molecular formula is C20H18N2O4S. The van der Waals surface area contributed by atoms with Crippen molar-refractivity contribution in [1.82, 2.24) is 4.90 Å². The van der Waals surface area contributed by atoms with E-state index in [-0.39, 0.29) is 17.4 Å². The summed E-state index contributed by atoms with van der Waals surface area (Å²) in [5.41, 5.74) is 1.27. The summed E-state index contributed by atoms with van der Waals surface area (Å²) in [6.07, 6.45) is 3.35. The fourth-order valence-electron chi connectivity index (χ4n) is 2.49. The number of aliphatic imine (C=N–C) groups is 1. The minimum absolute atomic E-state index is 0.0319. The summed E-state index contributed by atoms with van der Waals surface area (Å²) in [5.74, 6) is 0.278. The van der Waals surface area contributed by atoms with Gasteiger partial charge in [-0.3, -0.25) is 9.69 Å². The number of methoxy groups -OCH3 is 1. The predicted molar refractivity (Wildman–Crippen MR) is 107 cm³/mol. The molecule has 0 aromatic heterocycles. The van der Waals surface area contributed by atoms with Gasteiger partial charge < -0.3 is 14.9 Å². The molecule has 1 aliphatic heterocycles. The Labute approximate surface area is 161 Å². The van der Waals surface area contributed by atoms with E-state index in [0.29, 0.717) is 28.1 Å². The number of ether oxygens (including phenoxy) is 1. The quantitative estimate of drug-likeness (QED) is 0.605. The van der Waals surface area contributed by atoms with Gasteiger partial charge in [-0.2, -0.15) is 0 Å². The maximum atomic E-state index is 12.8. The van der Waals surface area contributed by atoms with Crippen molar-refractivity contribution in [2.24, 2.45) is 4.99 Å². The molecule has 27 heavy (non-hydrogen) atoms. The minimum atomic E-state index is -0.189. The average Bonchev–Trinajstić information content (AvgIpc) is 2.92. The third-order valence-corrected chi connectivity index (χ3v) is 4.76. The second kappa shape index (κ2) is 8.01. The van der Waals surface area contributed by atoms with Gasteiger partial charge in [-0.05, 0) is 47.7 Å². The van der Waals surface area contributed by atoms with E-state index in [9.17, 15) is 15.0 Å². The lowest BCUT2D eigenvalue weighted by molar-refractivity contribution is -0.121. The Balaban J connectivity index is 1.96. The third kappa shape index (κ3) is 4.15. The number of carbonyl (C=O) groups excluding carboxylic acids is 1. The molecule has 1 amide bonds. The molecule has 0 radical (unpaired) electrons. The van der Waals surface area contributed by atoms with Gasteiger partial charge in [0.1, 0.15) is 5.75 Å².